The number of carbonyl (C=O) groups is 1. The third kappa shape index (κ3) is 7.67. The number of hydrogen-bond donors (Lipinski definition) is 1. The molecule has 0 spiro atoms. The summed E-state index contributed by atoms with van der Waals surface area (Å²) in [5, 5.41) is 17.3. The van der Waals surface area contributed by atoms with Gasteiger partial charge in [-0.1, -0.05) is 49.9 Å². The number of ether oxygens (including phenoxy) is 2. The number of alkyl halides is 3. The van der Waals surface area contributed by atoms with Gasteiger partial charge in [-0.15, -0.1) is 18.3 Å². The molecule has 4 aromatic rings. The Morgan fingerprint density at radius 2 is 1.83 bits per heavy atom. The maximum absolute atomic E-state index is 12.8. The van der Waals surface area contributed by atoms with Crippen LogP contribution in [0.15, 0.2) is 84.2 Å². The zero-order valence-electron chi connectivity index (χ0n) is 24.9. The topological polar surface area (TPSA) is 118 Å². The summed E-state index contributed by atoms with van der Waals surface area (Å²) in [5.41, 5.74) is 3.95. The predicted molar refractivity (Wildman–Crippen MR) is 170 cm³/mol. The number of urea groups is 1. The Hall–Kier alpha value is -5.29. The highest BCUT2D eigenvalue weighted by molar-refractivity contribution is 8.14. The normalized spacial score (nSPS) is 14.4. The van der Waals surface area contributed by atoms with E-state index in [0.29, 0.717) is 34.4 Å². The summed E-state index contributed by atoms with van der Waals surface area (Å²) in [6.45, 7) is 4.89. The molecule has 1 N–H and O–H groups in total. The number of allylic oxidation sites excluding steroid dienone is 1. The fraction of sp³-hybridized carbons (Fsp3) is 0.219. The second-order valence-electron chi connectivity index (χ2n) is 10.2. The first kappa shape index (κ1) is 32.1. The van der Waals surface area contributed by atoms with Crippen LogP contribution in [0.4, 0.5) is 23.7 Å². The van der Waals surface area contributed by atoms with Crippen molar-refractivity contribution >= 4 is 34.2 Å². The molecular formula is C32H28F3N7O3S. The summed E-state index contributed by atoms with van der Waals surface area (Å²) >= 11 is 1.48. The first-order valence-corrected chi connectivity index (χ1v) is 15.0. The number of rotatable bonds is 8. The summed E-state index contributed by atoms with van der Waals surface area (Å²) < 4.78 is 48.0. The van der Waals surface area contributed by atoms with Crippen LogP contribution in [0, 0.1) is 11.3 Å². The summed E-state index contributed by atoms with van der Waals surface area (Å²) in [7, 11) is 1.63. The van der Waals surface area contributed by atoms with E-state index < -0.39 is 12.4 Å². The molecule has 1 aliphatic rings. The van der Waals surface area contributed by atoms with Crippen molar-refractivity contribution < 1.29 is 27.4 Å². The lowest BCUT2D eigenvalue weighted by Gasteiger charge is -2.23. The van der Waals surface area contributed by atoms with Crippen molar-refractivity contribution in [2.75, 3.05) is 24.3 Å². The smallest absolute Gasteiger partial charge is 0.497 e. The Kier molecular flexibility index (Phi) is 9.62. The highest BCUT2D eigenvalue weighted by Crippen LogP contribution is 2.35. The Balaban J connectivity index is 1.26. The van der Waals surface area contributed by atoms with Crippen molar-refractivity contribution in [3.05, 3.63) is 90.4 Å². The maximum atomic E-state index is 12.8. The van der Waals surface area contributed by atoms with E-state index in [-0.39, 0.29) is 17.2 Å². The highest BCUT2D eigenvalue weighted by Gasteiger charge is 2.31. The Morgan fingerprint density at radius 1 is 1.11 bits per heavy atom. The number of nitrogens with zero attached hydrogens (tertiary/aromatic N) is 6. The van der Waals surface area contributed by atoms with Gasteiger partial charge in [0, 0.05) is 29.7 Å². The van der Waals surface area contributed by atoms with Crippen LogP contribution in [0.3, 0.4) is 0 Å². The SMILES string of the molecule is COc1ccc(N2CCSC2=NC(=O)N/C=C(\C#N)c2ccc(-c3ncn(-c4ccc(OC(F)(F)F)cc4)n3)cc2)c(C(C)C)c1. The molecule has 2 amide bonds. The van der Waals surface area contributed by atoms with Crippen LogP contribution in [0.5, 0.6) is 11.5 Å². The van der Waals surface area contributed by atoms with Crippen molar-refractivity contribution in [3.8, 4) is 34.6 Å². The summed E-state index contributed by atoms with van der Waals surface area (Å²) in [5.74, 6) is 1.79. The molecule has 1 saturated heterocycles. The van der Waals surface area contributed by atoms with Crippen molar-refractivity contribution in [2.45, 2.75) is 26.1 Å². The molecule has 46 heavy (non-hydrogen) atoms. The molecule has 0 atom stereocenters. The number of methoxy groups -OCH3 is 1. The minimum absolute atomic E-state index is 0.216. The molecule has 0 bridgehead atoms. The molecule has 2 heterocycles. The molecule has 1 aromatic heterocycles. The van der Waals surface area contributed by atoms with Gasteiger partial charge in [0.2, 0.25) is 0 Å². The second-order valence-corrected chi connectivity index (χ2v) is 11.3. The van der Waals surface area contributed by atoms with Gasteiger partial charge in [-0.25, -0.2) is 14.5 Å². The van der Waals surface area contributed by atoms with Crippen molar-refractivity contribution in [3.63, 3.8) is 0 Å². The van der Waals surface area contributed by atoms with Crippen LogP contribution < -0.4 is 19.7 Å². The van der Waals surface area contributed by atoms with E-state index >= 15 is 0 Å². The number of amidine groups is 1. The van der Waals surface area contributed by atoms with Crippen LogP contribution in [-0.4, -0.2) is 51.7 Å². The zero-order chi connectivity index (χ0) is 32.8. The Bertz CT molecular complexity index is 1810. The van der Waals surface area contributed by atoms with Crippen LogP contribution in [0.2, 0.25) is 0 Å². The van der Waals surface area contributed by atoms with Gasteiger partial charge in [-0.2, -0.15) is 10.3 Å². The number of nitrogens with one attached hydrogen (secondary N) is 1. The molecular weight excluding hydrogens is 619 g/mol. The van der Waals surface area contributed by atoms with E-state index in [1.807, 2.05) is 23.1 Å². The van der Waals surface area contributed by atoms with E-state index in [4.69, 9.17) is 4.74 Å². The van der Waals surface area contributed by atoms with E-state index in [1.165, 1.54) is 53.2 Å². The van der Waals surface area contributed by atoms with Crippen LogP contribution in [-0.2, 0) is 0 Å². The lowest BCUT2D eigenvalue weighted by Crippen LogP contribution is -2.27. The van der Waals surface area contributed by atoms with Gasteiger partial charge in [-0.05, 0) is 59.5 Å². The third-order valence-corrected chi connectivity index (χ3v) is 7.82. The minimum Gasteiger partial charge on any atom is -0.497 e. The fourth-order valence-corrected chi connectivity index (χ4v) is 5.59. The molecule has 236 valence electrons. The standard InChI is InChI=1S/C32H28F3N7O3S/c1-20(2)27-16-26(44-3)12-13-28(27)41-14-15-46-31(41)39-30(43)37-18-23(17-36)21-4-6-22(7-5-21)29-38-19-42(40-29)24-8-10-25(11-9-24)45-32(33,34)35/h4-13,16,18-20H,14-15H2,1-3H3,(H,37,43)/b23-18+,39-31?. The van der Waals surface area contributed by atoms with Crippen LogP contribution in [0.25, 0.3) is 22.6 Å². The van der Waals surface area contributed by atoms with Crippen LogP contribution >= 0.6 is 11.8 Å². The Labute approximate surface area is 267 Å². The predicted octanol–water partition coefficient (Wildman–Crippen LogP) is 7.15. The fourth-order valence-electron chi connectivity index (χ4n) is 4.64. The van der Waals surface area contributed by atoms with Gasteiger partial charge in [0.05, 0.1) is 18.4 Å². The molecule has 0 unspecified atom stereocenters. The number of aromatic nitrogens is 3. The van der Waals surface area contributed by atoms with Crippen molar-refractivity contribution in [1.29, 1.82) is 5.26 Å². The monoisotopic (exact) mass is 647 g/mol. The van der Waals surface area contributed by atoms with Gasteiger partial charge < -0.3 is 19.7 Å². The quantitative estimate of drug-likeness (QED) is 0.201. The lowest BCUT2D eigenvalue weighted by atomic mass is 10.00. The molecule has 10 nitrogen and oxygen atoms in total. The first-order valence-electron chi connectivity index (χ1n) is 14.0. The van der Waals surface area contributed by atoms with Gasteiger partial charge in [0.15, 0.2) is 11.0 Å². The first-order chi connectivity index (χ1) is 22.0. The largest absolute Gasteiger partial charge is 0.573 e. The van der Waals surface area contributed by atoms with E-state index in [0.717, 1.165) is 22.8 Å². The number of anilines is 1. The lowest BCUT2D eigenvalue weighted by molar-refractivity contribution is -0.274. The molecule has 0 aliphatic carbocycles. The second kappa shape index (κ2) is 13.8. The van der Waals surface area contributed by atoms with Gasteiger partial charge in [0.25, 0.3) is 0 Å². The molecule has 14 heteroatoms. The number of carbonyl (C=O) groups excluding carboxylic acids is 1. The summed E-state index contributed by atoms with van der Waals surface area (Å²) in [6, 6.07) is 19.4. The molecule has 1 fully saturated rings. The van der Waals surface area contributed by atoms with Gasteiger partial charge in [-0.3, -0.25) is 0 Å². The average Bonchev–Trinajstić information content (AvgIpc) is 3.71. The van der Waals surface area contributed by atoms with Gasteiger partial charge >= 0.3 is 12.4 Å². The van der Waals surface area contributed by atoms with E-state index in [9.17, 15) is 23.2 Å². The number of thioether (sulfide) groups is 1. The number of benzene rings is 3. The number of nitriles is 1. The number of amides is 2. The molecule has 0 saturated carbocycles. The molecule has 1 aliphatic heterocycles. The van der Waals surface area contributed by atoms with Crippen LogP contribution in [0.1, 0.15) is 30.9 Å². The average molecular weight is 648 g/mol. The third-order valence-electron chi connectivity index (χ3n) is 6.86. The molecule has 0 radical (unpaired) electrons. The molecule has 5 rings (SSSR count). The Morgan fingerprint density at radius 3 is 2.48 bits per heavy atom. The minimum atomic E-state index is -4.78. The van der Waals surface area contributed by atoms with Crippen molar-refractivity contribution in [1.82, 2.24) is 20.1 Å². The number of halogens is 3. The maximum Gasteiger partial charge on any atom is 0.573 e. The summed E-state index contributed by atoms with van der Waals surface area (Å²) in [4.78, 5) is 23.4. The number of hydrogen-bond acceptors (Lipinski definition) is 7. The highest BCUT2D eigenvalue weighted by atomic mass is 32.2. The van der Waals surface area contributed by atoms with E-state index in [2.05, 4.69) is 45.0 Å². The zero-order valence-corrected chi connectivity index (χ0v) is 25.8. The molecule has 3 aromatic carbocycles. The number of aliphatic imine (C=N–C) groups is 1. The van der Waals surface area contributed by atoms with Crippen molar-refractivity contribution in [2.24, 2.45) is 4.99 Å². The van der Waals surface area contributed by atoms with E-state index in [1.54, 1.807) is 31.4 Å². The summed E-state index contributed by atoms with van der Waals surface area (Å²) in [6.07, 6.45) is -2.03. The van der Waals surface area contributed by atoms with Gasteiger partial charge in [0.1, 0.15) is 23.9 Å².